The molecule has 2 rings (SSSR count). The lowest BCUT2D eigenvalue weighted by atomic mass is 9.88. The van der Waals surface area contributed by atoms with E-state index in [0.29, 0.717) is 6.04 Å². The normalized spacial score (nSPS) is 24.1. The average Bonchev–Trinajstić information content (AvgIpc) is 2.71. The second-order valence-electron chi connectivity index (χ2n) is 6.81. The minimum absolute atomic E-state index is 0.0961. The van der Waals surface area contributed by atoms with E-state index in [4.69, 9.17) is 5.73 Å². The van der Waals surface area contributed by atoms with Crippen LogP contribution in [0.4, 0.5) is 5.69 Å². The van der Waals surface area contributed by atoms with Crippen LogP contribution in [0.25, 0.3) is 0 Å². The van der Waals surface area contributed by atoms with Crippen LogP contribution in [0.1, 0.15) is 38.7 Å². The Bertz CT molecular complexity index is 440. The van der Waals surface area contributed by atoms with E-state index in [0.717, 1.165) is 19.5 Å². The van der Waals surface area contributed by atoms with Gasteiger partial charge >= 0.3 is 0 Å². The Kier molecular flexibility index (Phi) is 5.28. The Morgan fingerprint density at radius 3 is 2.43 bits per heavy atom. The van der Waals surface area contributed by atoms with Crippen LogP contribution in [0.3, 0.4) is 0 Å². The monoisotopic (exact) mass is 289 g/mol. The molecule has 1 aromatic rings. The van der Waals surface area contributed by atoms with Crippen LogP contribution < -0.4 is 10.6 Å². The summed E-state index contributed by atoms with van der Waals surface area (Å²) in [5, 5.41) is 0. The standard InChI is InChI=1S/C18H31N3/c1-15(2)21-12-5-10-18(14-19,11-13-21)20(4)17-8-6-16(3)7-9-17/h6-9,15H,5,10-14,19H2,1-4H3. The smallest absolute Gasteiger partial charge is 0.0533 e. The van der Waals surface area contributed by atoms with Crippen molar-refractivity contribution in [1.29, 1.82) is 0 Å². The third-order valence-corrected chi connectivity index (χ3v) is 5.19. The molecule has 1 heterocycles. The zero-order chi connectivity index (χ0) is 15.5. The van der Waals surface area contributed by atoms with Crippen molar-refractivity contribution < 1.29 is 0 Å². The molecule has 1 aromatic carbocycles. The molecular formula is C18H31N3. The van der Waals surface area contributed by atoms with Gasteiger partial charge in [-0.15, -0.1) is 0 Å². The van der Waals surface area contributed by atoms with Gasteiger partial charge in [0.2, 0.25) is 0 Å². The first kappa shape index (κ1) is 16.3. The van der Waals surface area contributed by atoms with Crippen LogP contribution in [0, 0.1) is 6.92 Å². The van der Waals surface area contributed by atoms with Crippen molar-refractivity contribution in [3.8, 4) is 0 Å². The Morgan fingerprint density at radius 1 is 1.19 bits per heavy atom. The molecule has 3 heteroatoms. The second kappa shape index (κ2) is 6.80. The summed E-state index contributed by atoms with van der Waals surface area (Å²) in [5.74, 6) is 0. The molecule has 1 unspecified atom stereocenters. The van der Waals surface area contributed by atoms with Crippen LogP contribution in [0.5, 0.6) is 0 Å². The number of nitrogens with two attached hydrogens (primary N) is 1. The minimum Gasteiger partial charge on any atom is -0.368 e. The first-order valence-corrected chi connectivity index (χ1v) is 8.23. The molecule has 0 radical (unpaired) electrons. The zero-order valence-electron chi connectivity index (χ0n) is 14.1. The number of likely N-dealkylation sites (tertiary alicyclic amines) is 1. The van der Waals surface area contributed by atoms with Crippen molar-refractivity contribution in [2.45, 2.75) is 51.6 Å². The minimum atomic E-state index is 0.0961. The van der Waals surface area contributed by atoms with Gasteiger partial charge in [0, 0.05) is 31.9 Å². The molecule has 1 aliphatic rings. The second-order valence-corrected chi connectivity index (χ2v) is 6.81. The molecule has 0 aromatic heterocycles. The van der Waals surface area contributed by atoms with Crippen LogP contribution in [-0.2, 0) is 0 Å². The maximum atomic E-state index is 6.24. The number of nitrogens with zero attached hydrogens (tertiary/aromatic N) is 2. The number of likely N-dealkylation sites (N-methyl/N-ethyl adjacent to an activating group) is 1. The highest BCUT2D eigenvalue weighted by Crippen LogP contribution is 2.32. The molecule has 0 spiro atoms. The number of anilines is 1. The highest BCUT2D eigenvalue weighted by Gasteiger charge is 2.35. The maximum absolute atomic E-state index is 6.24. The summed E-state index contributed by atoms with van der Waals surface area (Å²) < 4.78 is 0. The fourth-order valence-electron chi connectivity index (χ4n) is 3.43. The third-order valence-electron chi connectivity index (χ3n) is 5.19. The molecule has 3 nitrogen and oxygen atoms in total. The van der Waals surface area contributed by atoms with Crippen molar-refractivity contribution >= 4 is 5.69 Å². The molecular weight excluding hydrogens is 258 g/mol. The zero-order valence-corrected chi connectivity index (χ0v) is 14.1. The third kappa shape index (κ3) is 3.58. The van der Waals surface area contributed by atoms with Gasteiger partial charge in [0.05, 0.1) is 5.54 Å². The van der Waals surface area contributed by atoms with Gasteiger partial charge < -0.3 is 15.5 Å². The van der Waals surface area contributed by atoms with E-state index < -0.39 is 0 Å². The van der Waals surface area contributed by atoms with E-state index in [9.17, 15) is 0 Å². The van der Waals surface area contributed by atoms with Crippen molar-refractivity contribution in [2.24, 2.45) is 5.73 Å². The van der Waals surface area contributed by atoms with Crippen LogP contribution in [0.15, 0.2) is 24.3 Å². The van der Waals surface area contributed by atoms with Gasteiger partial charge in [-0.1, -0.05) is 17.7 Å². The lowest BCUT2D eigenvalue weighted by molar-refractivity contribution is 0.224. The van der Waals surface area contributed by atoms with Gasteiger partial charge in [0.15, 0.2) is 0 Å². The summed E-state index contributed by atoms with van der Waals surface area (Å²) in [4.78, 5) is 5.01. The summed E-state index contributed by atoms with van der Waals surface area (Å²) in [5.41, 5.74) is 8.92. The first-order chi connectivity index (χ1) is 9.98. The molecule has 0 amide bonds. The fraction of sp³-hybridized carbons (Fsp3) is 0.667. The van der Waals surface area contributed by atoms with E-state index in [1.807, 2.05) is 0 Å². The van der Waals surface area contributed by atoms with Crippen molar-refractivity contribution in [2.75, 3.05) is 31.6 Å². The molecule has 2 N–H and O–H groups in total. The predicted octanol–water partition coefficient (Wildman–Crippen LogP) is 3.02. The summed E-state index contributed by atoms with van der Waals surface area (Å²) in [6.07, 6.45) is 3.55. The van der Waals surface area contributed by atoms with E-state index in [1.54, 1.807) is 0 Å². The predicted molar refractivity (Wildman–Crippen MR) is 91.9 cm³/mol. The first-order valence-electron chi connectivity index (χ1n) is 8.23. The largest absolute Gasteiger partial charge is 0.368 e. The molecule has 1 aliphatic heterocycles. The Labute approximate surface area is 130 Å². The lowest BCUT2D eigenvalue weighted by Gasteiger charge is -2.42. The number of hydrogen-bond donors (Lipinski definition) is 1. The van der Waals surface area contributed by atoms with Gasteiger partial charge in [0.1, 0.15) is 0 Å². The van der Waals surface area contributed by atoms with E-state index in [-0.39, 0.29) is 5.54 Å². The van der Waals surface area contributed by atoms with Gasteiger partial charge in [-0.25, -0.2) is 0 Å². The number of hydrogen-bond acceptors (Lipinski definition) is 3. The van der Waals surface area contributed by atoms with Crippen molar-refractivity contribution in [3.63, 3.8) is 0 Å². The fourth-order valence-corrected chi connectivity index (χ4v) is 3.43. The molecule has 21 heavy (non-hydrogen) atoms. The molecule has 1 saturated heterocycles. The molecule has 0 aliphatic carbocycles. The quantitative estimate of drug-likeness (QED) is 0.925. The van der Waals surface area contributed by atoms with Gasteiger partial charge in [-0.05, 0) is 58.7 Å². The highest BCUT2D eigenvalue weighted by molar-refractivity contribution is 5.49. The van der Waals surface area contributed by atoms with Crippen LogP contribution in [0.2, 0.25) is 0 Å². The Balaban J connectivity index is 2.18. The highest BCUT2D eigenvalue weighted by atomic mass is 15.2. The topological polar surface area (TPSA) is 32.5 Å². The molecule has 1 atom stereocenters. The molecule has 118 valence electrons. The molecule has 0 saturated carbocycles. The average molecular weight is 289 g/mol. The van der Waals surface area contributed by atoms with Crippen molar-refractivity contribution in [1.82, 2.24) is 4.90 Å². The lowest BCUT2D eigenvalue weighted by Crippen LogP contribution is -2.53. The van der Waals surface area contributed by atoms with Crippen LogP contribution >= 0.6 is 0 Å². The summed E-state index contributed by atoms with van der Waals surface area (Å²) >= 11 is 0. The van der Waals surface area contributed by atoms with Gasteiger partial charge in [0.25, 0.3) is 0 Å². The van der Waals surface area contributed by atoms with Gasteiger partial charge in [-0.3, -0.25) is 0 Å². The SMILES string of the molecule is Cc1ccc(N(C)C2(CN)CCCN(C(C)C)CC2)cc1. The summed E-state index contributed by atoms with van der Waals surface area (Å²) in [7, 11) is 2.21. The molecule has 0 bridgehead atoms. The summed E-state index contributed by atoms with van der Waals surface area (Å²) in [6, 6.07) is 9.44. The number of rotatable bonds is 4. The Hall–Kier alpha value is -1.06. The summed E-state index contributed by atoms with van der Waals surface area (Å²) in [6.45, 7) is 9.78. The van der Waals surface area contributed by atoms with Crippen LogP contribution in [-0.4, -0.2) is 43.2 Å². The number of aryl methyl sites for hydroxylation is 1. The van der Waals surface area contributed by atoms with Crippen molar-refractivity contribution in [3.05, 3.63) is 29.8 Å². The molecule has 1 fully saturated rings. The Morgan fingerprint density at radius 2 is 1.86 bits per heavy atom. The van der Waals surface area contributed by atoms with E-state index >= 15 is 0 Å². The van der Waals surface area contributed by atoms with Gasteiger partial charge in [-0.2, -0.15) is 0 Å². The maximum Gasteiger partial charge on any atom is 0.0533 e. The number of benzene rings is 1. The van der Waals surface area contributed by atoms with E-state index in [2.05, 4.69) is 61.9 Å². The van der Waals surface area contributed by atoms with E-state index in [1.165, 1.54) is 30.6 Å².